The Morgan fingerprint density at radius 3 is 2.22 bits per heavy atom. The molecule has 0 aromatic carbocycles. The summed E-state index contributed by atoms with van der Waals surface area (Å²) in [6, 6.07) is -4.93. The molecule has 0 aliphatic carbocycles. The van der Waals surface area contributed by atoms with E-state index in [0.717, 1.165) is 21.6 Å². The molecule has 16 nitrogen and oxygen atoms in total. The number of carbonyl (C=O) groups is 6. The predicted molar refractivity (Wildman–Crippen MR) is 133 cm³/mol. The number of carbonyl (C=O) groups excluding carboxylic acids is 5. The topological polar surface area (TPSA) is 287 Å². The average molecular weight is 550 g/mol. The van der Waals surface area contributed by atoms with Crippen LogP contribution in [-0.4, -0.2) is 95.3 Å². The molecule has 0 bridgehead atoms. The van der Waals surface area contributed by atoms with Crippen LogP contribution in [0.4, 0.5) is 0 Å². The van der Waals surface area contributed by atoms with Crippen LogP contribution in [-0.2, 0) is 28.8 Å². The van der Waals surface area contributed by atoms with Gasteiger partial charge >= 0.3 is 5.97 Å². The fourth-order valence-electron chi connectivity index (χ4n) is 2.76. The van der Waals surface area contributed by atoms with Crippen LogP contribution in [0.15, 0.2) is 4.99 Å². The number of nitrogens with two attached hydrogens (primary N) is 4. The van der Waals surface area contributed by atoms with Gasteiger partial charge in [0.2, 0.25) is 29.5 Å². The van der Waals surface area contributed by atoms with E-state index in [0.29, 0.717) is 0 Å². The monoisotopic (exact) mass is 549 g/mol. The molecule has 0 aromatic rings. The normalized spacial score (nSPS) is 24.8. The van der Waals surface area contributed by atoms with Crippen molar-refractivity contribution in [3.05, 3.63) is 0 Å². The van der Waals surface area contributed by atoms with Gasteiger partial charge in [0, 0.05) is 18.1 Å². The highest BCUT2D eigenvalue weighted by Crippen LogP contribution is 2.23. The van der Waals surface area contributed by atoms with Crippen molar-refractivity contribution in [3.63, 3.8) is 0 Å². The number of carboxylic acid groups (broad SMARTS) is 1. The zero-order chi connectivity index (χ0) is 27.3. The lowest BCUT2D eigenvalue weighted by atomic mass is 10.1. The van der Waals surface area contributed by atoms with Gasteiger partial charge in [-0.3, -0.25) is 29.0 Å². The number of rotatable bonds is 7. The van der Waals surface area contributed by atoms with Gasteiger partial charge < -0.3 is 49.3 Å². The van der Waals surface area contributed by atoms with Crippen LogP contribution < -0.4 is 44.2 Å². The summed E-state index contributed by atoms with van der Waals surface area (Å²) in [5.74, 6) is -5.52. The second-order valence-electron chi connectivity index (χ2n) is 7.59. The van der Waals surface area contributed by atoms with Crippen molar-refractivity contribution < 1.29 is 33.9 Å². The van der Waals surface area contributed by atoms with Gasteiger partial charge in [-0.05, 0) is 12.8 Å². The minimum Gasteiger partial charge on any atom is -0.480 e. The molecule has 0 saturated carbocycles. The molecule has 0 unspecified atom stereocenters. The zero-order valence-corrected chi connectivity index (χ0v) is 20.9. The first-order chi connectivity index (χ1) is 16.9. The van der Waals surface area contributed by atoms with Gasteiger partial charge in [0.05, 0.1) is 19.0 Å². The lowest BCUT2D eigenvalue weighted by molar-refractivity contribution is -0.141. The van der Waals surface area contributed by atoms with E-state index >= 15 is 0 Å². The third-order valence-corrected chi connectivity index (χ3v) is 7.02. The van der Waals surface area contributed by atoms with Crippen LogP contribution >= 0.6 is 21.6 Å². The van der Waals surface area contributed by atoms with Gasteiger partial charge in [0.25, 0.3) is 0 Å². The SMILES string of the molecule is NC(=O)C[C@@H]1NC(=O)[C@@H](N)CSSC[C@@H](C(=O)O)NC(=O)[C@H](CCCN=C(N)N)NC(=O)CNC1=O. The highest BCUT2D eigenvalue weighted by Gasteiger charge is 2.29. The van der Waals surface area contributed by atoms with E-state index in [-0.39, 0.29) is 36.9 Å². The number of guanidine groups is 1. The molecule has 1 rings (SSSR count). The molecule has 0 spiro atoms. The molecule has 0 radical (unpaired) electrons. The molecule has 4 atom stereocenters. The minimum absolute atomic E-state index is 0.0369. The van der Waals surface area contributed by atoms with Gasteiger partial charge in [0.1, 0.15) is 18.1 Å². The van der Waals surface area contributed by atoms with Crippen molar-refractivity contribution in [3.8, 4) is 0 Å². The molecule has 1 heterocycles. The summed E-state index contributed by atoms with van der Waals surface area (Å²) in [6.07, 6.45) is -0.203. The molecule has 13 N–H and O–H groups in total. The molecule has 5 amide bonds. The molecular weight excluding hydrogens is 518 g/mol. The molecule has 1 fully saturated rings. The Labute approximate surface area is 214 Å². The lowest BCUT2D eigenvalue weighted by Gasteiger charge is -2.21. The Morgan fingerprint density at radius 2 is 1.61 bits per heavy atom. The number of hydrogen-bond acceptors (Lipinski definition) is 10. The van der Waals surface area contributed by atoms with Crippen molar-refractivity contribution in [2.75, 3.05) is 24.6 Å². The fourth-order valence-corrected chi connectivity index (χ4v) is 5.04. The number of hydrogen-bond donors (Lipinski definition) is 9. The second kappa shape index (κ2) is 15.7. The van der Waals surface area contributed by atoms with Crippen LogP contribution in [0, 0.1) is 0 Å². The van der Waals surface area contributed by atoms with E-state index in [4.69, 9.17) is 22.9 Å². The largest absolute Gasteiger partial charge is 0.480 e. The Hall–Kier alpha value is -3.25. The Bertz CT molecular complexity index is 870. The van der Waals surface area contributed by atoms with E-state index in [9.17, 15) is 33.9 Å². The minimum atomic E-state index is -1.38. The van der Waals surface area contributed by atoms with E-state index < -0.39 is 72.6 Å². The van der Waals surface area contributed by atoms with Crippen LogP contribution in [0.2, 0.25) is 0 Å². The molecule has 1 saturated heterocycles. The third kappa shape index (κ3) is 11.9. The Balaban J connectivity index is 3.08. The first-order valence-corrected chi connectivity index (χ1v) is 13.1. The number of aliphatic carboxylic acids is 1. The second-order valence-corrected chi connectivity index (χ2v) is 10.1. The van der Waals surface area contributed by atoms with Crippen molar-refractivity contribution in [2.45, 2.75) is 43.4 Å². The highest BCUT2D eigenvalue weighted by atomic mass is 33.1. The molecule has 1 aliphatic rings. The summed E-state index contributed by atoms with van der Waals surface area (Å²) in [5, 5.41) is 18.8. The summed E-state index contributed by atoms with van der Waals surface area (Å²) in [4.78, 5) is 76.8. The quantitative estimate of drug-likeness (QED) is 0.0626. The number of nitrogens with zero attached hydrogens (tertiary/aromatic N) is 1. The maximum absolute atomic E-state index is 12.8. The number of primary amides is 1. The van der Waals surface area contributed by atoms with Gasteiger partial charge in [-0.25, -0.2) is 4.79 Å². The summed E-state index contributed by atoms with van der Waals surface area (Å²) in [7, 11) is 2.13. The van der Waals surface area contributed by atoms with Crippen LogP contribution in [0.5, 0.6) is 0 Å². The molecule has 1 aliphatic heterocycles. The van der Waals surface area contributed by atoms with Crippen LogP contribution in [0.1, 0.15) is 19.3 Å². The molecule has 36 heavy (non-hydrogen) atoms. The lowest BCUT2D eigenvalue weighted by Crippen LogP contribution is -2.55. The van der Waals surface area contributed by atoms with Crippen LogP contribution in [0.3, 0.4) is 0 Å². The standard InChI is InChI=1S/C18H31N9O7S2/c19-8-6-35-36-7-11(17(33)34)27-16(32)9(2-1-3-23-18(21)22)25-13(29)5-24-15(31)10(4-12(20)28)26-14(8)30/h8-11H,1-7,19H2,(H2,20,28)(H,24,31)(H,25,29)(H,26,30)(H,27,32)(H,33,34)(H4,21,22,23)/t8-,9-,10-,11-/m0/s1. The first kappa shape index (κ1) is 30.8. The van der Waals surface area contributed by atoms with Crippen molar-refractivity contribution in [1.82, 2.24) is 21.3 Å². The zero-order valence-electron chi connectivity index (χ0n) is 19.2. The van der Waals surface area contributed by atoms with Crippen molar-refractivity contribution in [1.29, 1.82) is 0 Å². The summed E-state index contributed by atoms with van der Waals surface area (Å²) < 4.78 is 0. The maximum Gasteiger partial charge on any atom is 0.327 e. The van der Waals surface area contributed by atoms with E-state index in [1.807, 2.05) is 0 Å². The van der Waals surface area contributed by atoms with Gasteiger partial charge in [-0.15, -0.1) is 0 Å². The third-order valence-electron chi connectivity index (χ3n) is 4.58. The smallest absolute Gasteiger partial charge is 0.327 e. The maximum atomic E-state index is 12.8. The van der Waals surface area contributed by atoms with E-state index in [1.165, 1.54) is 0 Å². The summed E-state index contributed by atoms with van der Waals surface area (Å²) in [6.45, 7) is -0.454. The van der Waals surface area contributed by atoms with E-state index in [1.54, 1.807) is 0 Å². The van der Waals surface area contributed by atoms with E-state index in [2.05, 4.69) is 26.3 Å². The number of nitrogens with one attached hydrogen (secondary N) is 4. The average Bonchev–Trinajstić information content (AvgIpc) is 2.79. The van der Waals surface area contributed by atoms with Crippen molar-refractivity contribution in [2.24, 2.45) is 27.9 Å². The highest BCUT2D eigenvalue weighted by molar-refractivity contribution is 8.76. The Kier molecular flexibility index (Phi) is 13.4. The van der Waals surface area contributed by atoms with Crippen molar-refractivity contribution >= 4 is 63.1 Å². The first-order valence-electron chi connectivity index (χ1n) is 10.6. The van der Waals surface area contributed by atoms with Crippen LogP contribution in [0.25, 0.3) is 0 Å². The number of aliphatic imine (C=N–C) groups is 1. The number of amides is 5. The molecule has 202 valence electrons. The molecular formula is C18H31N9O7S2. The molecule has 18 heteroatoms. The fraction of sp³-hybridized carbons (Fsp3) is 0.611. The van der Waals surface area contributed by atoms with Gasteiger partial charge in [-0.2, -0.15) is 0 Å². The predicted octanol–water partition coefficient (Wildman–Crippen LogP) is -4.71. The summed E-state index contributed by atoms with van der Waals surface area (Å²) >= 11 is 0. The Morgan fingerprint density at radius 1 is 0.944 bits per heavy atom. The van der Waals surface area contributed by atoms with Gasteiger partial charge in [-0.1, -0.05) is 21.6 Å². The van der Waals surface area contributed by atoms with Gasteiger partial charge in [0.15, 0.2) is 5.96 Å². The summed E-state index contributed by atoms with van der Waals surface area (Å²) in [5.41, 5.74) is 21.5. The number of carboxylic acids is 1. The molecule has 0 aromatic heterocycles.